The SMILES string of the molecule is O=c1c2ccccc2c2cc(-c3ccccc3)cc3nc(-c4cccc(-c5ccc6oc7cccc(-c8nc(-c9ccccc9)nc(-c9ccccc9)n8)c7c6c5)c4)n1c32. The first-order valence-electron chi connectivity index (χ1n) is 19.8. The van der Waals surface area contributed by atoms with Crippen molar-refractivity contribution < 1.29 is 4.42 Å². The van der Waals surface area contributed by atoms with Gasteiger partial charge in [0, 0.05) is 43.8 Å². The van der Waals surface area contributed by atoms with Gasteiger partial charge in [-0.2, -0.15) is 0 Å². The number of imidazole rings is 1. The van der Waals surface area contributed by atoms with E-state index in [1.165, 1.54) is 0 Å². The Bertz CT molecular complexity index is 3620. The zero-order valence-electron chi connectivity index (χ0n) is 32.0. The van der Waals surface area contributed by atoms with E-state index in [0.717, 1.165) is 88.3 Å². The lowest BCUT2D eigenvalue weighted by molar-refractivity contribution is 0.669. The van der Waals surface area contributed by atoms with Crippen LogP contribution in [0.3, 0.4) is 0 Å². The molecule has 0 aliphatic rings. The standard InChI is InChI=1S/C53H31N5O2/c59-53-40-23-11-10-22-39(40)42-30-38(32-14-4-1-5-15-32)31-44-48(42)58(53)52(54-44)37-21-12-20-35(28-37)36-26-27-45-43(29-36)47-41(24-13-25-46(47)60-45)51-56-49(33-16-6-2-7-17-33)55-50(57-51)34-18-8-3-9-19-34/h1-31H. The van der Waals surface area contributed by atoms with Crippen LogP contribution in [0.15, 0.2) is 197 Å². The number of aromatic nitrogens is 5. The molecule has 0 unspecified atom stereocenters. The fourth-order valence-corrected chi connectivity index (χ4v) is 8.59. The Morgan fingerprint density at radius 3 is 1.70 bits per heavy atom. The highest BCUT2D eigenvalue weighted by Gasteiger charge is 2.22. The second kappa shape index (κ2) is 13.4. The monoisotopic (exact) mass is 769 g/mol. The quantitative estimate of drug-likeness (QED) is 0.157. The largest absolute Gasteiger partial charge is 0.456 e. The van der Waals surface area contributed by atoms with Gasteiger partial charge >= 0.3 is 0 Å². The number of benzene rings is 8. The average molecular weight is 770 g/mol. The third kappa shape index (κ3) is 5.41. The van der Waals surface area contributed by atoms with E-state index in [1.54, 1.807) is 4.40 Å². The van der Waals surface area contributed by atoms with E-state index in [1.807, 2.05) is 140 Å². The van der Waals surface area contributed by atoms with Crippen LogP contribution in [0.4, 0.5) is 0 Å². The summed E-state index contributed by atoms with van der Waals surface area (Å²) in [5, 5.41) is 4.44. The van der Waals surface area contributed by atoms with Crippen LogP contribution in [-0.2, 0) is 0 Å². The molecule has 0 aliphatic carbocycles. The fourth-order valence-electron chi connectivity index (χ4n) is 8.59. The summed E-state index contributed by atoms with van der Waals surface area (Å²) in [6.07, 6.45) is 0. The fraction of sp³-hybridized carbons (Fsp3) is 0. The van der Waals surface area contributed by atoms with Crippen LogP contribution in [0.2, 0.25) is 0 Å². The second-order valence-electron chi connectivity index (χ2n) is 15.0. The minimum atomic E-state index is -0.0866. The highest BCUT2D eigenvalue weighted by molar-refractivity contribution is 6.14. The number of nitrogens with zero attached hydrogens (tertiary/aromatic N) is 5. The summed E-state index contributed by atoms with van der Waals surface area (Å²) in [6, 6.07) is 62.9. The van der Waals surface area contributed by atoms with E-state index >= 15 is 0 Å². The van der Waals surface area contributed by atoms with Gasteiger partial charge in [-0.3, -0.25) is 9.20 Å². The average Bonchev–Trinajstić information content (AvgIpc) is 3.91. The second-order valence-corrected chi connectivity index (χ2v) is 15.0. The molecule has 0 N–H and O–H groups in total. The van der Waals surface area contributed by atoms with Gasteiger partial charge in [-0.15, -0.1) is 0 Å². The lowest BCUT2D eigenvalue weighted by atomic mass is 9.99. The van der Waals surface area contributed by atoms with Gasteiger partial charge < -0.3 is 4.42 Å². The van der Waals surface area contributed by atoms with E-state index in [9.17, 15) is 4.79 Å². The maximum atomic E-state index is 14.4. The van der Waals surface area contributed by atoms with Crippen LogP contribution in [-0.4, -0.2) is 24.3 Å². The number of fused-ring (bicyclic) bond motifs is 5. The van der Waals surface area contributed by atoms with Gasteiger partial charge in [0.05, 0.1) is 11.0 Å². The summed E-state index contributed by atoms with van der Waals surface area (Å²) in [4.78, 5) is 34.6. The predicted molar refractivity (Wildman–Crippen MR) is 241 cm³/mol. The Labute approximate surface area is 342 Å². The van der Waals surface area contributed by atoms with Crippen LogP contribution in [0, 0.1) is 0 Å². The summed E-state index contributed by atoms with van der Waals surface area (Å²) >= 11 is 0. The van der Waals surface area contributed by atoms with Crippen LogP contribution >= 0.6 is 0 Å². The molecule has 12 rings (SSSR count). The first-order chi connectivity index (χ1) is 29.6. The summed E-state index contributed by atoms with van der Waals surface area (Å²) in [5.74, 6) is 2.36. The van der Waals surface area contributed by atoms with Crippen LogP contribution in [0.1, 0.15) is 0 Å². The number of rotatable bonds is 6. The van der Waals surface area contributed by atoms with Crippen molar-refractivity contribution in [2.24, 2.45) is 0 Å². The highest BCUT2D eigenvalue weighted by atomic mass is 16.3. The third-order valence-corrected chi connectivity index (χ3v) is 11.4. The van der Waals surface area contributed by atoms with Crippen molar-refractivity contribution in [3.63, 3.8) is 0 Å². The molecule has 0 radical (unpaired) electrons. The molecule has 4 heterocycles. The number of hydrogen-bond donors (Lipinski definition) is 0. The van der Waals surface area contributed by atoms with Gasteiger partial charge in [-0.25, -0.2) is 19.9 Å². The molecule has 0 saturated carbocycles. The molecule has 0 spiro atoms. The zero-order chi connectivity index (χ0) is 39.7. The first-order valence-corrected chi connectivity index (χ1v) is 19.8. The van der Waals surface area contributed by atoms with Crippen LogP contribution in [0.25, 0.3) is 117 Å². The minimum Gasteiger partial charge on any atom is -0.456 e. The summed E-state index contributed by atoms with van der Waals surface area (Å²) < 4.78 is 8.26. The molecule has 12 aromatic rings. The molecule has 0 amide bonds. The van der Waals surface area contributed by atoms with E-state index in [2.05, 4.69) is 48.5 Å². The maximum Gasteiger partial charge on any atom is 0.264 e. The number of furan rings is 1. The van der Waals surface area contributed by atoms with Crippen molar-refractivity contribution in [1.29, 1.82) is 0 Å². The Kier molecular flexibility index (Phi) is 7.55. The van der Waals surface area contributed by atoms with Gasteiger partial charge in [0.25, 0.3) is 5.56 Å². The minimum absolute atomic E-state index is 0.0866. The van der Waals surface area contributed by atoms with Crippen molar-refractivity contribution in [2.75, 3.05) is 0 Å². The van der Waals surface area contributed by atoms with Crippen LogP contribution < -0.4 is 5.56 Å². The third-order valence-electron chi connectivity index (χ3n) is 11.4. The van der Waals surface area contributed by atoms with Gasteiger partial charge in [-0.05, 0) is 70.1 Å². The van der Waals surface area contributed by atoms with Crippen LogP contribution in [0.5, 0.6) is 0 Å². The van der Waals surface area contributed by atoms with E-state index < -0.39 is 0 Å². The Morgan fingerprint density at radius 2 is 0.967 bits per heavy atom. The van der Waals surface area contributed by atoms with Crippen molar-refractivity contribution in [3.05, 3.63) is 198 Å². The molecule has 280 valence electrons. The summed E-state index contributed by atoms with van der Waals surface area (Å²) in [6.45, 7) is 0. The Hall–Kier alpha value is -8.29. The van der Waals surface area contributed by atoms with E-state index in [-0.39, 0.29) is 5.56 Å². The van der Waals surface area contributed by atoms with Crippen molar-refractivity contribution in [1.82, 2.24) is 24.3 Å². The molecular weight excluding hydrogens is 739 g/mol. The Morgan fingerprint density at radius 1 is 0.383 bits per heavy atom. The van der Waals surface area contributed by atoms with Crippen molar-refractivity contribution in [3.8, 4) is 67.8 Å². The van der Waals surface area contributed by atoms with Gasteiger partial charge in [0.1, 0.15) is 17.0 Å². The number of hydrogen-bond acceptors (Lipinski definition) is 6. The summed E-state index contributed by atoms with van der Waals surface area (Å²) in [5.41, 5.74) is 10.6. The summed E-state index contributed by atoms with van der Waals surface area (Å²) in [7, 11) is 0. The predicted octanol–water partition coefficient (Wildman–Crippen LogP) is 12.5. The molecular formula is C53H31N5O2. The molecule has 60 heavy (non-hydrogen) atoms. The highest BCUT2D eigenvalue weighted by Crippen LogP contribution is 2.40. The van der Waals surface area contributed by atoms with Gasteiger partial charge in [0.2, 0.25) is 0 Å². The molecule has 7 heteroatoms. The zero-order valence-corrected chi connectivity index (χ0v) is 32.0. The van der Waals surface area contributed by atoms with Crippen molar-refractivity contribution >= 4 is 49.1 Å². The number of pyridine rings is 1. The van der Waals surface area contributed by atoms with Gasteiger partial charge in [-0.1, -0.05) is 146 Å². The molecule has 0 aliphatic heterocycles. The topological polar surface area (TPSA) is 86.2 Å². The van der Waals surface area contributed by atoms with Gasteiger partial charge in [0.15, 0.2) is 17.5 Å². The molecule has 0 atom stereocenters. The lowest BCUT2D eigenvalue weighted by Crippen LogP contribution is -2.14. The molecule has 0 saturated heterocycles. The molecule has 7 nitrogen and oxygen atoms in total. The van der Waals surface area contributed by atoms with Crippen molar-refractivity contribution in [2.45, 2.75) is 0 Å². The smallest absolute Gasteiger partial charge is 0.264 e. The maximum absolute atomic E-state index is 14.4. The molecule has 0 fully saturated rings. The van der Waals surface area contributed by atoms with E-state index in [0.29, 0.717) is 28.7 Å². The molecule has 0 bridgehead atoms. The normalized spacial score (nSPS) is 11.7. The first kappa shape index (κ1) is 33.8. The Balaban J connectivity index is 1.02. The lowest BCUT2D eigenvalue weighted by Gasteiger charge is -2.10. The molecule has 4 aromatic heterocycles. The molecule has 8 aromatic carbocycles. The van der Waals surface area contributed by atoms with E-state index in [4.69, 9.17) is 24.4 Å².